The lowest BCUT2D eigenvalue weighted by Gasteiger charge is -2.29. The van der Waals surface area contributed by atoms with E-state index in [9.17, 15) is 8.42 Å². The zero-order valence-corrected chi connectivity index (χ0v) is 12.3. The molecule has 0 aliphatic carbocycles. The van der Waals surface area contributed by atoms with Crippen molar-refractivity contribution in [2.24, 2.45) is 0 Å². The molecule has 1 fully saturated rings. The summed E-state index contributed by atoms with van der Waals surface area (Å²) < 4.78 is 28.7. The summed E-state index contributed by atoms with van der Waals surface area (Å²) in [5, 5.41) is 0. The van der Waals surface area contributed by atoms with Crippen LogP contribution in [0.1, 0.15) is 46.0 Å². The SMILES string of the molecule is CC(C)(CCCl)NS(=O)(=O)N1CCCCCC1. The van der Waals surface area contributed by atoms with Gasteiger partial charge in [0, 0.05) is 24.5 Å². The molecule has 0 saturated carbocycles. The summed E-state index contributed by atoms with van der Waals surface area (Å²) in [7, 11) is -3.36. The van der Waals surface area contributed by atoms with Crippen LogP contribution in [0.4, 0.5) is 0 Å². The predicted molar refractivity (Wildman–Crippen MR) is 71.5 cm³/mol. The lowest BCUT2D eigenvalue weighted by molar-refractivity contribution is 0.379. The maximum absolute atomic E-state index is 12.2. The van der Waals surface area contributed by atoms with Crippen LogP contribution in [0.15, 0.2) is 0 Å². The molecule has 17 heavy (non-hydrogen) atoms. The van der Waals surface area contributed by atoms with E-state index in [0.29, 0.717) is 25.4 Å². The average Bonchev–Trinajstić information content (AvgIpc) is 2.43. The Morgan fingerprint density at radius 2 is 1.71 bits per heavy atom. The molecule has 0 unspecified atom stereocenters. The minimum absolute atomic E-state index is 0.454. The van der Waals surface area contributed by atoms with Crippen molar-refractivity contribution in [1.82, 2.24) is 9.03 Å². The maximum Gasteiger partial charge on any atom is 0.279 e. The van der Waals surface area contributed by atoms with Gasteiger partial charge in [-0.2, -0.15) is 17.4 Å². The number of halogens is 1. The lowest BCUT2D eigenvalue weighted by Crippen LogP contribution is -2.50. The first-order valence-electron chi connectivity index (χ1n) is 6.22. The van der Waals surface area contributed by atoms with Crippen LogP contribution >= 0.6 is 11.6 Å². The van der Waals surface area contributed by atoms with E-state index in [-0.39, 0.29) is 0 Å². The number of nitrogens with one attached hydrogen (secondary N) is 1. The number of hydrogen-bond donors (Lipinski definition) is 1. The van der Waals surface area contributed by atoms with Crippen LogP contribution < -0.4 is 4.72 Å². The Labute approximate surface area is 110 Å². The van der Waals surface area contributed by atoms with Crippen molar-refractivity contribution in [1.29, 1.82) is 0 Å². The molecule has 0 atom stereocenters. The quantitative estimate of drug-likeness (QED) is 0.785. The third kappa shape index (κ3) is 5.12. The zero-order chi connectivity index (χ0) is 12.9. The molecule has 0 bridgehead atoms. The molecule has 0 amide bonds. The zero-order valence-electron chi connectivity index (χ0n) is 10.7. The third-order valence-corrected chi connectivity index (χ3v) is 5.07. The summed E-state index contributed by atoms with van der Waals surface area (Å²) in [6, 6.07) is 0. The predicted octanol–water partition coefficient (Wildman–Crippen LogP) is 2.10. The van der Waals surface area contributed by atoms with Crippen molar-refractivity contribution in [2.75, 3.05) is 19.0 Å². The third-order valence-electron chi connectivity index (χ3n) is 3.03. The van der Waals surface area contributed by atoms with Crippen LogP contribution in [0.25, 0.3) is 0 Å². The number of rotatable bonds is 5. The van der Waals surface area contributed by atoms with E-state index in [1.54, 1.807) is 4.31 Å². The van der Waals surface area contributed by atoms with Crippen molar-refractivity contribution in [3.63, 3.8) is 0 Å². The molecule has 1 rings (SSSR count). The van der Waals surface area contributed by atoms with Gasteiger partial charge in [0.2, 0.25) is 0 Å². The fourth-order valence-corrected chi connectivity index (χ4v) is 4.12. The Morgan fingerprint density at radius 3 is 2.18 bits per heavy atom. The topological polar surface area (TPSA) is 49.4 Å². The van der Waals surface area contributed by atoms with Gasteiger partial charge in [0.25, 0.3) is 10.2 Å². The second-order valence-electron chi connectivity index (χ2n) is 5.24. The van der Waals surface area contributed by atoms with Crippen LogP contribution in [-0.4, -0.2) is 37.2 Å². The molecule has 1 N–H and O–H groups in total. The summed E-state index contributed by atoms with van der Waals surface area (Å²) in [5.74, 6) is 0.454. The Hall–Kier alpha value is 0.160. The molecular weight excluding hydrogens is 260 g/mol. The van der Waals surface area contributed by atoms with Crippen molar-refractivity contribution in [2.45, 2.75) is 51.5 Å². The Balaban J connectivity index is 2.66. The van der Waals surface area contributed by atoms with Gasteiger partial charge in [0.05, 0.1) is 0 Å². The van der Waals surface area contributed by atoms with E-state index in [4.69, 9.17) is 11.6 Å². The van der Waals surface area contributed by atoms with Gasteiger partial charge in [-0.15, -0.1) is 11.6 Å². The molecule has 4 nitrogen and oxygen atoms in total. The van der Waals surface area contributed by atoms with Crippen LogP contribution in [0.5, 0.6) is 0 Å². The van der Waals surface area contributed by atoms with Crippen molar-refractivity contribution in [3.05, 3.63) is 0 Å². The van der Waals surface area contributed by atoms with Gasteiger partial charge in [0.15, 0.2) is 0 Å². The highest BCUT2D eigenvalue weighted by Gasteiger charge is 2.29. The Kier molecular flexibility index (Phi) is 5.70. The first-order valence-corrected chi connectivity index (χ1v) is 8.20. The van der Waals surface area contributed by atoms with Gasteiger partial charge < -0.3 is 0 Å². The molecule has 1 aliphatic heterocycles. The van der Waals surface area contributed by atoms with Crippen LogP contribution in [0.2, 0.25) is 0 Å². The molecule has 0 aromatic rings. The van der Waals surface area contributed by atoms with E-state index >= 15 is 0 Å². The highest BCUT2D eigenvalue weighted by molar-refractivity contribution is 7.87. The Bertz CT molecular complexity index is 322. The van der Waals surface area contributed by atoms with E-state index in [0.717, 1.165) is 25.7 Å². The van der Waals surface area contributed by atoms with E-state index in [2.05, 4.69) is 4.72 Å². The molecule has 0 aromatic carbocycles. The Morgan fingerprint density at radius 1 is 1.18 bits per heavy atom. The minimum Gasteiger partial charge on any atom is -0.196 e. The highest BCUT2D eigenvalue weighted by atomic mass is 35.5. The summed E-state index contributed by atoms with van der Waals surface area (Å²) in [6.45, 7) is 4.99. The number of nitrogens with zero attached hydrogens (tertiary/aromatic N) is 1. The van der Waals surface area contributed by atoms with Gasteiger partial charge in [-0.05, 0) is 33.1 Å². The van der Waals surface area contributed by atoms with E-state index in [1.165, 1.54) is 0 Å². The average molecular weight is 283 g/mol. The fraction of sp³-hybridized carbons (Fsp3) is 1.00. The second kappa shape index (κ2) is 6.36. The molecule has 102 valence electrons. The van der Waals surface area contributed by atoms with Crippen LogP contribution in [0, 0.1) is 0 Å². The van der Waals surface area contributed by atoms with Crippen molar-refractivity contribution in [3.8, 4) is 0 Å². The smallest absolute Gasteiger partial charge is 0.196 e. The molecule has 1 saturated heterocycles. The molecule has 1 heterocycles. The summed E-state index contributed by atoms with van der Waals surface area (Å²) in [6.07, 6.45) is 4.78. The van der Waals surface area contributed by atoms with E-state index < -0.39 is 15.7 Å². The molecule has 0 spiro atoms. The first-order chi connectivity index (χ1) is 7.87. The molecular formula is C11H23ClN2O2S. The fourth-order valence-electron chi connectivity index (χ4n) is 1.98. The largest absolute Gasteiger partial charge is 0.279 e. The maximum atomic E-state index is 12.2. The second-order valence-corrected chi connectivity index (χ2v) is 7.29. The van der Waals surface area contributed by atoms with Gasteiger partial charge in [-0.25, -0.2) is 0 Å². The summed E-state index contributed by atoms with van der Waals surface area (Å²) >= 11 is 5.68. The number of hydrogen-bond acceptors (Lipinski definition) is 2. The van der Waals surface area contributed by atoms with Crippen LogP contribution in [-0.2, 0) is 10.2 Å². The first kappa shape index (κ1) is 15.2. The van der Waals surface area contributed by atoms with Gasteiger partial charge in [0.1, 0.15) is 0 Å². The van der Waals surface area contributed by atoms with Gasteiger partial charge in [-0.3, -0.25) is 0 Å². The standard InChI is InChI=1S/C11H23ClN2O2S/c1-11(2,7-8-12)13-17(15,16)14-9-5-3-4-6-10-14/h13H,3-10H2,1-2H3. The lowest BCUT2D eigenvalue weighted by atomic mass is 10.0. The minimum atomic E-state index is -3.36. The number of alkyl halides is 1. The van der Waals surface area contributed by atoms with Crippen molar-refractivity contribution >= 4 is 21.8 Å². The van der Waals surface area contributed by atoms with Gasteiger partial charge in [-0.1, -0.05) is 12.8 Å². The van der Waals surface area contributed by atoms with Crippen molar-refractivity contribution < 1.29 is 8.42 Å². The highest BCUT2D eigenvalue weighted by Crippen LogP contribution is 2.16. The molecule has 0 aromatic heterocycles. The van der Waals surface area contributed by atoms with E-state index in [1.807, 2.05) is 13.8 Å². The van der Waals surface area contributed by atoms with Gasteiger partial charge >= 0.3 is 0 Å². The molecule has 6 heteroatoms. The summed E-state index contributed by atoms with van der Waals surface area (Å²) in [4.78, 5) is 0. The van der Waals surface area contributed by atoms with Crippen LogP contribution in [0.3, 0.4) is 0 Å². The molecule has 0 radical (unpaired) electrons. The summed E-state index contributed by atoms with van der Waals surface area (Å²) in [5.41, 5.74) is -0.479. The molecule has 1 aliphatic rings. The monoisotopic (exact) mass is 282 g/mol. The normalized spacial score (nSPS) is 20.2.